The molecule has 5 heteroatoms. The monoisotopic (exact) mass is 380 g/mol. The highest BCUT2D eigenvalue weighted by Crippen LogP contribution is 2.25. The summed E-state index contributed by atoms with van der Waals surface area (Å²) >= 11 is 6.15. The summed E-state index contributed by atoms with van der Waals surface area (Å²) in [7, 11) is 0. The van der Waals surface area contributed by atoms with E-state index in [0.29, 0.717) is 5.75 Å². The van der Waals surface area contributed by atoms with Gasteiger partial charge in [0.25, 0.3) is 5.91 Å². The predicted molar refractivity (Wildman–Crippen MR) is 109 cm³/mol. The van der Waals surface area contributed by atoms with Crippen LogP contribution in [0.5, 0.6) is 5.75 Å². The van der Waals surface area contributed by atoms with Crippen molar-refractivity contribution in [3.05, 3.63) is 88.2 Å². The van der Waals surface area contributed by atoms with Gasteiger partial charge in [-0.2, -0.15) is 0 Å². The second-order valence-electron chi connectivity index (χ2n) is 6.44. The summed E-state index contributed by atoms with van der Waals surface area (Å²) in [4.78, 5) is 16.2. The topological polar surface area (TPSA) is 51.2 Å². The largest absolute Gasteiger partial charge is 0.484 e. The zero-order valence-corrected chi connectivity index (χ0v) is 16.1. The Morgan fingerprint density at radius 3 is 2.22 bits per heavy atom. The highest BCUT2D eigenvalue weighted by atomic mass is 35.5. The third-order valence-electron chi connectivity index (χ3n) is 4.18. The summed E-state index contributed by atoms with van der Waals surface area (Å²) in [6.45, 7) is 3.77. The fourth-order valence-corrected chi connectivity index (χ4v) is 2.89. The van der Waals surface area contributed by atoms with Crippen LogP contribution in [0.15, 0.2) is 60.9 Å². The van der Waals surface area contributed by atoms with E-state index >= 15 is 0 Å². The van der Waals surface area contributed by atoms with Crippen molar-refractivity contribution in [3.8, 4) is 5.75 Å². The molecule has 0 saturated heterocycles. The Morgan fingerprint density at radius 2 is 1.59 bits per heavy atom. The Hall–Kier alpha value is -2.85. The Bertz CT molecular complexity index is 902. The van der Waals surface area contributed by atoms with Crippen molar-refractivity contribution in [2.24, 2.45) is 0 Å². The fourth-order valence-electron chi connectivity index (χ4n) is 2.78. The van der Waals surface area contributed by atoms with Gasteiger partial charge in [0.2, 0.25) is 0 Å². The molecule has 1 amide bonds. The van der Waals surface area contributed by atoms with Crippen LogP contribution < -0.4 is 10.1 Å². The summed E-state index contributed by atoms with van der Waals surface area (Å²) in [6, 6.07) is 15.4. The molecule has 0 aliphatic carbocycles. The number of anilines is 1. The minimum absolute atomic E-state index is 0.0563. The lowest BCUT2D eigenvalue weighted by Crippen LogP contribution is -2.20. The second kappa shape index (κ2) is 8.69. The van der Waals surface area contributed by atoms with E-state index in [9.17, 15) is 4.79 Å². The van der Waals surface area contributed by atoms with Gasteiger partial charge in [0, 0.05) is 23.1 Å². The molecular weight excluding hydrogens is 360 g/mol. The number of pyridine rings is 1. The molecule has 1 aromatic heterocycles. The zero-order valence-electron chi connectivity index (χ0n) is 15.3. The van der Waals surface area contributed by atoms with Gasteiger partial charge in [-0.1, -0.05) is 23.7 Å². The molecule has 2 aromatic carbocycles. The summed E-state index contributed by atoms with van der Waals surface area (Å²) in [5, 5.41) is 3.56. The number of aromatic nitrogens is 1. The first-order chi connectivity index (χ1) is 13.0. The summed E-state index contributed by atoms with van der Waals surface area (Å²) in [6.07, 6.45) is 4.40. The van der Waals surface area contributed by atoms with Crippen LogP contribution in [0.4, 0.5) is 5.69 Å². The number of aryl methyl sites for hydroxylation is 2. The molecule has 0 aliphatic heterocycles. The Balaban J connectivity index is 1.53. The van der Waals surface area contributed by atoms with Crippen LogP contribution >= 0.6 is 11.6 Å². The lowest BCUT2D eigenvalue weighted by molar-refractivity contribution is -0.118. The minimum Gasteiger partial charge on any atom is -0.484 e. The second-order valence-corrected chi connectivity index (χ2v) is 6.82. The highest BCUT2D eigenvalue weighted by Gasteiger charge is 2.07. The molecule has 0 fully saturated rings. The number of halogens is 1. The van der Waals surface area contributed by atoms with Gasteiger partial charge in [-0.15, -0.1) is 0 Å². The summed E-state index contributed by atoms with van der Waals surface area (Å²) in [5.74, 6) is 0.430. The molecule has 1 N–H and O–H groups in total. The number of ether oxygens (including phenoxy) is 1. The molecule has 0 saturated carbocycles. The molecule has 138 valence electrons. The number of hydrogen-bond acceptors (Lipinski definition) is 3. The maximum Gasteiger partial charge on any atom is 0.262 e. The standard InChI is InChI=1S/C22H21ClN2O2/c1-15-11-20(12-16(2)22(15)23)27-14-21(26)25-19-5-3-17(4-6-19)13-18-7-9-24-10-8-18/h3-12H,13-14H2,1-2H3,(H,25,26). The van der Waals surface area contributed by atoms with Gasteiger partial charge < -0.3 is 10.1 Å². The van der Waals surface area contributed by atoms with Crippen LogP contribution in [-0.4, -0.2) is 17.5 Å². The molecule has 0 aliphatic rings. The van der Waals surface area contributed by atoms with Crippen molar-refractivity contribution >= 4 is 23.2 Å². The Kier molecular flexibility index (Phi) is 6.09. The van der Waals surface area contributed by atoms with Crippen LogP contribution in [0.25, 0.3) is 0 Å². The van der Waals surface area contributed by atoms with Crippen molar-refractivity contribution < 1.29 is 9.53 Å². The number of benzene rings is 2. The van der Waals surface area contributed by atoms with Crippen LogP contribution in [0.3, 0.4) is 0 Å². The van der Waals surface area contributed by atoms with Crippen LogP contribution in [0.1, 0.15) is 22.3 Å². The molecule has 0 atom stereocenters. The quantitative estimate of drug-likeness (QED) is 0.657. The number of nitrogens with zero attached hydrogens (tertiary/aromatic N) is 1. The number of amides is 1. The van der Waals surface area contributed by atoms with Gasteiger partial charge in [0.05, 0.1) is 0 Å². The molecule has 0 spiro atoms. The number of nitrogens with one attached hydrogen (secondary N) is 1. The van der Waals surface area contributed by atoms with E-state index in [1.54, 1.807) is 12.4 Å². The SMILES string of the molecule is Cc1cc(OCC(=O)Nc2ccc(Cc3ccncc3)cc2)cc(C)c1Cl. The average molecular weight is 381 g/mol. The number of rotatable bonds is 6. The molecular formula is C22H21ClN2O2. The van der Waals surface area contributed by atoms with E-state index in [0.717, 1.165) is 28.3 Å². The lowest BCUT2D eigenvalue weighted by Gasteiger charge is -2.11. The Morgan fingerprint density at radius 1 is 1.00 bits per heavy atom. The van der Waals surface area contributed by atoms with E-state index in [4.69, 9.17) is 16.3 Å². The van der Waals surface area contributed by atoms with Gasteiger partial charge in [-0.3, -0.25) is 9.78 Å². The number of carbonyl (C=O) groups excluding carboxylic acids is 1. The van der Waals surface area contributed by atoms with E-state index in [2.05, 4.69) is 10.3 Å². The molecule has 27 heavy (non-hydrogen) atoms. The normalized spacial score (nSPS) is 10.5. The molecule has 0 unspecified atom stereocenters. The first kappa shape index (κ1) is 18.9. The summed E-state index contributed by atoms with van der Waals surface area (Å²) in [5.41, 5.74) is 4.96. The van der Waals surface area contributed by atoms with Crippen LogP contribution in [-0.2, 0) is 11.2 Å². The van der Waals surface area contributed by atoms with Crippen LogP contribution in [0, 0.1) is 13.8 Å². The van der Waals surface area contributed by atoms with E-state index in [-0.39, 0.29) is 12.5 Å². The number of carbonyl (C=O) groups is 1. The molecule has 4 nitrogen and oxygen atoms in total. The maximum atomic E-state index is 12.1. The van der Waals surface area contributed by atoms with Crippen molar-refractivity contribution in [3.63, 3.8) is 0 Å². The van der Waals surface area contributed by atoms with E-state index < -0.39 is 0 Å². The van der Waals surface area contributed by atoms with Gasteiger partial charge >= 0.3 is 0 Å². The van der Waals surface area contributed by atoms with Gasteiger partial charge in [-0.25, -0.2) is 0 Å². The first-order valence-corrected chi connectivity index (χ1v) is 9.06. The maximum absolute atomic E-state index is 12.1. The smallest absolute Gasteiger partial charge is 0.262 e. The zero-order chi connectivity index (χ0) is 19.2. The molecule has 0 radical (unpaired) electrons. The first-order valence-electron chi connectivity index (χ1n) is 8.68. The molecule has 3 rings (SSSR count). The van der Waals surface area contributed by atoms with Crippen molar-refractivity contribution in [1.82, 2.24) is 4.98 Å². The third kappa shape index (κ3) is 5.31. The lowest BCUT2D eigenvalue weighted by atomic mass is 10.1. The number of hydrogen-bond donors (Lipinski definition) is 1. The van der Waals surface area contributed by atoms with Crippen molar-refractivity contribution in [1.29, 1.82) is 0 Å². The van der Waals surface area contributed by atoms with Crippen molar-refractivity contribution in [2.45, 2.75) is 20.3 Å². The van der Waals surface area contributed by atoms with Crippen LogP contribution in [0.2, 0.25) is 5.02 Å². The van der Waals surface area contributed by atoms with Crippen molar-refractivity contribution in [2.75, 3.05) is 11.9 Å². The molecule has 1 heterocycles. The van der Waals surface area contributed by atoms with Gasteiger partial charge in [-0.05, 0) is 78.9 Å². The van der Waals surface area contributed by atoms with E-state index in [1.807, 2.05) is 62.4 Å². The van der Waals surface area contributed by atoms with E-state index in [1.165, 1.54) is 11.1 Å². The van der Waals surface area contributed by atoms with Gasteiger partial charge in [0.15, 0.2) is 6.61 Å². The predicted octanol–water partition coefficient (Wildman–Crippen LogP) is 4.96. The van der Waals surface area contributed by atoms with Gasteiger partial charge in [0.1, 0.15) is 5.75 Å². The fraction of sp³-hybridized carbons (Fsp3) is 0.182. The summed E-state index contributed by atoms with van der Waals surface area (Å²) < 4.78 is 5.58. The highest BCUT2D eigenvalue weighted by molar-refractivity contribution is 6.32. The minimum atomic E-state index is -0.206. The molecule has 0 bridgehead atoms. The average Bonchev–Trinajstić information content (AvgIpc) is 2.67. The third-order valence-corrected chi connectivity index (χ3v) is 4.77. The molecule has 3 aromatic rings. The Labute approximate surface area is 164 Å².